The van der Waals surface area contributed by atoms with Crippen molar-refractivity contribution in [2.24, 2.45) is 0 Å². The molecule has 1 aromatic carbocycles. The maximum absolute atomic E-state index is 12.1. The minimum Gasteiger partial charge on any atom is -0.269 e. The fourth-order valence-corrected chi connectivity index (χ4v) is 3.04. The molecule has 0 fully saturated rings. The van der Waals surface area contributed by atoms with Gasteiger partial charge in [0.2, 0.25) is 5.16 Å². The molecule has 0 spiro atoms. The smallest absolute Gasteiger partial charge is 0.258 e. The molecule has 7 heteroatoms. The highest BCUT2D eigenvalue weighted by Gasteiger charge is 2.08. The molecule has 1 N–H and O–H groups in total. The minimum atomic E-state index is -0.0869. The van der Waals surface area contributed by atoms with Crippen LogP contribution in [-0.4, -0.2) is 24.6 Å². The summed E-state index contributed by atoms with van der Waals surface area (Å²) in [6.45, 7) is 0. The van der Waals surface area contributed by atoms with Crippen molar-refractivity contribution in [3.05, 3.63) is 76.8 Å². The average Bonchev–Trinajstić information content (AvgIpc) is 3.10. The molecular weight excluding hydrogens is 322 g/mol. The van der Waals surface area contributed by atoms with Gasteiger partial charge in [0.05, 0.1) is 5.69 Å². The molecule has 0 bridgehead atoms. The molecule has 0 saturated heterocycles. The number of hydrogen-bond acceptors (Lipinski definition) is 5. The van der Waals surface area contributed by atoms with Gasteiger partial charge in [-0.05, 0) is 12.1 Å². The molecule has 24 heavy (non-hydrogen) atoms. The Morgan fingerprint density at radius 1 is 1.04 bits per heavy atom. The molecule has 3 heterocycles. The number of nitrogens with zero attached hydrogens (tertiary/aromatic N) is 4. The van der Waals surface area contributed by atoms with Gasteiger partial charge in [-0.15, -0.1) is 5.10 Å². The second-order valence-corrected chi connectivity index (χ2v) is 6.08. The summed E-state index contributed by atoms with van der Waals surface area (Å²) in [4.78, 5) is 21.0. The molecule has 0 aliphatic carbocycles. The summed E-state index contributed by atoms with van der Waals surface area (Å²) in [5, 5.41) is 7.77. The minimum absolute atomic E-state index is 0.0869. The van der Waals surface area contributed by atoms with Gasteiger partial charge >= 0.3 is 0 Å². The van der Waals surface area contributed by atoms with E-state index >= 15 is 0 Å². The Morgan fingerprint density at radius 2 is 1.88 bits per heavy atom. The van der Waals surface area contributed by atoms with Crippen molar-refractivity contribution >= 4 is 17.4 Å². The SMILES string of the molecule is O=c1cc(CSc2n[nH]c(-c3ccccc3)n2)nc2ccccn12. The maximum Gasteiger partial charge on any atom is 0.258 e. The van der Waals surface area contributed by atoms with E-state index in [-0.39, 0.29) is 5.56 Å². The number of hydrogen-bond donors (Lipinski definition) is 1. The zero-order valence-corrected chi connectivity index (χ0v) is 13.4. The Labute approximate surface area is 141 Å². The van der Waals surface area contributed by atoms with Gasteiger partial charge in [-0.25, -0.2) is 9.97 Å². The van der Waals surface area contributed by atoms with Crippen LogP contribution in [0.1, 0.15) is 5.69 Å². The van der Waals surface area contributed by atoms with E-state index in [0.717, 1.165) is 11.4 Å². The van der Waals surface area contributed by atoms with Gasteiger partial charge in [0, 0.05) is 23.6 Å². The normalized spacial score (nSPS) is 11.0. The van der Waals surface area contributed by atoms with Gasteiger partial charge in [0.15, 0.2) is 5.82 Å². The van der Waals surface area contributed by atoms with E-state index < -0.39 is 0 Å². The fourth-order valence-electron chi connectivity index (χ4n) is 2.35. The summed E-state index contributed by atoms with van der Waals surface area (Å²) in [5.74, 6) is 1.26. The van der Waals surface area contributed by atoms with Gasteiger partial charge in [-0.3, -0.25) is 14.3 Å². The topological polar surface area (TPSA) is 75.9 Å². The molecule has 118 valence electrons. The maximum atomic E-state index is 12.1. The lowest BCUT2D eigenvalue weighted by Crippen LogP contribution is -2.14. The quantitative estimate of drug-likeness (QED) is 0.580. The van der Waals surface area contributed by atoms with E-state index in [1.54, 1.807) is 12.3 Å². The molecule has 4 rings (SSSR count). The summed E-state index contributed by atoms with van der Waals surface area (Å²) >= 11 is 1.44. The second kappa shape index (κ2) is 6.29. The van der Waals surface area contributed by atoms with Crippen molar-refractivity contribution in [3.63, 3.8) is 0 Å². The molecule has 0 radical (unpaired) electrons. The van der Waals surface area contributed by atoms with E-state index in [1.165, 1.54) is 16.2 Å². The molecule has 4 aromatic rings. The first kappa shape index (κ1) is 14.6. The average molecular weight is 335 g/mol. The molecule has 0 unspecified atom stereocenters. The van der Waals surface area contributed by atoms with Gasteiger partial charge in [0.25, 0.3) is 5.56 Å². The highest BCUT2D eigenvalue weighted by Crippen LogP contribution is 2.21. The van der Waals surface area contributed by atoms with Crippen LogP contribution in [0.15, 0.2) is 70.7 Å². The summed E-state index contributed by atoms with van der Waals surface area (Å²) in [7, 11) is 0. The fraction of sp³-hybridized carbons (Fsp3) is 0.0588. The van der Waals surface area contributed by atoms with Crippen molar-refractivity contribution in [1.29, 1.82) is 0 Å². The van der Waals surface area contributed by atoms with E-state index in [2.05, 4.69) is 20.2 Å². The van der Waals surface area contributed by atoms with Gasteiger partial charge < -0.3 is 0 Å². The highest BCUT2D eigenvalue weighted by molar-refractivity contribution is 7.98. The zero-order chi connectivity index (χ0) is 16.4. The number of fused-ring (bicyclic) bond motifs is 1. The number of thioether (sulfide) groups is 1. The lowest BCUT2D eigenvalue weighted by molar-refractivity contribution is 0.968. The van der Waals surface area contributed by atoms with Gasteiger partial charge in [-0.1, -0.05) is 48.2 Å². The summed E-state index contributed by atoms with van der Waals surface area (Å²) in [6, 6.07) is 16.8. The highest BCUT2D eigenvalue weighted by atomic mass is 32.2. The molecule has 0 atom stereocenters. The van der Waals surface area contributed by atoms with Crippen LogP contribution in [0.5, 0.6) is 0 Å². The van der Waals surface area contributed by atoms with E-state index in [0.29, 0.717) is 22.3 Å². The first-order valence-electron chi connectivity index (χ1n) is 7.37. The Hall–Kier alpha value is -2.93. The third-order valence-electron chi connectivity index (χ3n) is 3.49. The molecule has 0 amide bonds. The van der Waals surface area contributed by atoms with Crippen molar-refractivity contribution in [3.8, 4) is 11.4 Å². The van der Waals surface area contributed by atoms with E-state index in [1.807, 2.05) is 48.5 Å². The molecule has 6 nitrogen and oxygen atoms in total. The Morgan fingerprint density at radius 3 is 2.75 bits per heavy atom. The Balaban J connectivity index is 1.53. The molecular formula is C17H13N5OS. The van der Waals surface area contributed by atoms with E-state index in [9.17, 15) is 4.79 Å². The lowest BCUT2D eigenvalue weighted by Gasteiger charge is -2.02. The number of pyridine rings is 1. The summed E-state index contributed by atoms with van der Waals surface area (Å²) in [5.41, 5.74) is 2.25. The molecule has 0 aliphatic heterocycles. The third-order valence-corrected chi connectivity index (χ3v) is 4.37. The summed E-state index contributed by atoms with van der Waals surface area (Å²) < 4.78 is 1.52. The largest absolute Gasteiger partial charge is 0.269 e. The van der Waals surface area contributed by atoms with Crippen LogP contribution in [0, 0.1) is 0 Å². The third kappa shape index (κ3) is 2.93. The predicted octanol–water partition coefficient (Wildman–Crippen LogP) is 2.77. The van der Waals surface area contributed by atoms with Crippen LogP contribution in [0.25, 0.3) is 17.0 Å². The number of rotatable bonds is 4. The van der Waals surface area contributed by atoms with Crippen molar-refractivity contribution in [2.75, 3.05) is 0 Å². The first-order chi connectivity index (χ1) is 11.8. The van der Waals surface area contributed by atoms with Crippen LogP contribution >= 0.6 is 11.8 Å². The summed E-state index contributed by atoms with van der Waals surface area (Å²) in [6.07, 6.45) is 1.71. The van der Waals surface area contributed by atoms with Crippen molar-refractivity contribution < 1.29 is 0 Å². The molecule has 0 saturated carbocycles. The first-order valence-corrected chi connectivity index (χ1v) is 8.36. The van der Waals surface area contributed by atoms with E-state index in [4.69, 9.17) is 0 Å². The molecule has 0 aliphatic rings. The van der Waals surface area contributed by atoms with Gasteiger partial charge in [-0.2, -0.15) is 0 Å². The Kier molecular flexibility index (Phi) is 3.84. The zero-order valence-electron chi connectivity index (χ0n) is 12.6. The number of aromatic amines is 1. The number of H-pyrrole nitrogens is 1. The molecule has 3 aromatic heterocycles. The number of nitrogens with one attached hydrogen (secondary N) is 1. The van der Waals surface area contributed by atoms with Crippen LogP contribution in [-0.2, 0) is 5.75 Å². The van der Waals surface area contributed by atoms with Crippen molar-refractivity contribution in [1.82, 2.24) is 24.6 Å². The number of benzene rings is 1. The lowest BCUT2D eigenvalue weighted by atomic mass is 10.2. The van der Waals surface area contributed by atoms with Crippen LogP contribution in [0.4, 0.5) is 0 Å². The van der Waals surface area contributed by atoms with Gasteiger partial charge in [0.1, 0.15) is 5.65 Å². The monoisotopic (exact) mass is 335 g/mol. The van der Waals surface area contributed by atoms with Crippen LogP contribution in [0.3, 0.4) is 0 Å². The predicted molar refractivity (Wildman–Crippen MR) is 92.8 cm³/mol. The van der Waals surface area contributed by atoms with Crippen molar-refractivity contribution in [2.45, 2.75) is 10.9 Å². The van der Waals surface area contributed by atoms with Crippen LogP contribution in [0.2, 0.25) is 0 Å². The second-order valence-electron chi connectivity index (χ2n) is 5.14. The standard InChI is InChI=1S/C17H13N5OS/c23-15-10-13(18-14-8-4-5-9-22(14)15)11-24-17-19-16(20-21-17)12-6-2-1-3-7-12/h1-10H,11H2,(H,19,20,21). The van der Waals surface area contributed by atoms with Crippen LogP contribution < -0.4 is 5.56 Å². The Bertz CT molecular complexity index is 1040. The number of aromatic nitrogens is 5.